The van der Waals surface area contributed by atoms with E-state index in [2.05, 4.69) is 69.0 Å². The maximum Gasteiger partial charge on any atom is 0.191 e. The maximum absolute atomic E-state index is 4.27. The van der Waals surface area contributed by atoms with Crippen molar-refractivity contribution in [1.82, 2.24) is 15.5 Å². The molecule has 19 heavy (non-hydrogen) atoms. The summed E-state index contributed by atoms with van der Waals surface area (Å²) in [4.78, 5) is 6.75. The highest BCUT2D eigenvalue weighted by molar-refractivity contribution is 5.79. The van der Waals surface area contributed by atoms with Crippen LogP contribution >= 0.6 is 0 Å². The van der Waals surface area contributed by atoms with E-state index in [1.807, 2.05) is 7.05 Å². The summed E-state index contributed by atoms with van der Waals surface area (Å²) in [6.45, 7) is 17.5. The number of rotatable bonds is 7. The number of guanidine groups is 1. The molecule has 1 atom stereocenters. The van der Waals surface area contributed by atoms with Crippen molar-refractivity contribution < 1.29 is 0 Å². The lowest BCUT2D eigenvalue weighted by molar-refractivity contribution is 0.178. The van der Waals surface area contributed by atoms with Crippen LogP contribution in [0.1, 0.15) is 48.5 Å². The average Bonchev–Trinajstić information content (AvgIpc) is 2.31. The predicted octanol–water partition coefficient (Wildman–Crippen LogP) is 2.31. The molecule has 0 aliphatic rings. The smallest absolute Gasteiger partial charge is 0.191 e. The van der Waals surface area contributed by atoms with Gasteiger partial charge < -0.3 is 10.6 Å². The Bertz CT molecular complexity index is 251. The third kappa shape index (κ3) is 7.41. The fourth-order valence-electron chi connectivity index (χ4n) is 1.99. The molecule has 0 aliphatic carbocycles. The Balaban J connectivity index is 4.16. The molecule has 0 amide bonds. The van der Waals surface area contributed by atoms with Gasteiger partial charge >= 0.3 is 0 Å². The lowest BCUT2D eigenvalue weighted by atomic mass is 10.1. The minimum absolute atomic E-state index is 0.428. The number of nitrogens with zero attached hydrogens (tertiary/aromatic N) is 2. The first-order valence-corrected chi connectivity index (χ1v) is 7.52. The zero-order valence-electron chi connectivity index (χ0n) is 14.1. The third-order valence-corrected chi connectivity index (χ3v) is 3.58. The Morgan fingerprint density at radius 3 is 1.89 bits per heavy atom. The minimum atomic E-state index is 0.428. The molecule has 0 aliphatic heterocycles. The normalized spacial score (nSPS) is 14.6. The lowest BCUT2D eigenvalue weighted by Crippen LogP contribution is -2.48. The van der Waals surface area contributed by atoms with Gasteiger partial charge in [-0.25, -0.2) is 0 Å². The molecule has 2 N–H and O–H groups in total. The fraction of sp³-hybridized carbons (Fsp3) is 0.933. The van der Waals surface area contributed by atoms with Crippen LogP contribution in [0.5, 0.6) is 0 Å². The molecule has 0 saturated carbocycles. The second-order valence-electron chi connectivity index (χ2n) is 6.10. The Hall–Kier alpha value is -0.770. The van der Waals surface area contributed by atoms with Crippen LogP contribution in [0.4, 0.5) is 0 Å². The first-order chi connectivity index (χ1) is 8.79. The molecule has 0 bridgehead atoms. The monoisotopic (exact) mass is 270 g/mol. The predicted molar refractivity (Wildman–Crippen MR) is 85.8 cm³/mol. The second kappa shape index (κ2) is 9.18. The van der Waals surface area contributed by atoms with Crippen molar-refractivity contribution in [2.45, 2.75) is 66.6 Å². The molecule has 0 spiro atoms. The van der Waals surface area contributed by atoms with Crippen molar-refractivity contribution in [3.05, 3.63) is 0 Å². The number of hydrogen-bond donors (Lipinski definition) is 2. The van der Waals surface area contributed by atoms with Crippen LogP contribution in [0.25, 0.3) is 0 Å². The van der Waals surface area contributed by atoms with Crippen LogP contribution in [0, 0.1) is 5.92 Å². The van der Waals surface area contributed by atoms with Gasteiger partial charge in [0.25, 0.3) is 0 Å². The van der Waals surface area contributed by atoms with Crippen LogP contribution < -0.4 is 10.6 Å². The summed E-state index contributed by atoms with van der Waals surface area (Å²) in [5.74, 6) is 1.50. The number of hydrogen-bond acceptors (Lipinski definition) is 2. The third-order valence-electron chi connectivity index (χ3n) is 3.58. The summed E-state index contributed by atoms with van der Waals surface area (Å²) in [7, 11) is 1.82. The van der Waals surface area contributed by atoms with Crippen LogP contribution in [-0.4, -0.2) is 49.1 Å². The quantitative estimate of drug-likeness (QED) is 0.551. The van der Waals surface area contributed by atoms with E-state index in [0.29, 0.717) is 24.0 Å². The summed E-state index contributed by atoms with van der Waals surface area (Å²) in [5.41, 5.74) is 0. The van der Waals surface area contributed by atoms with Crippen molar-refractivity contribution in [3.8, 4) is 0 Å². The zero-order chi connectivity index (χ0) is 15.0. The molecule has 0 radical (unpaired) electrons. The van der Waals surface area contributed by atoms with Gasteiger partial charge in [0.05, 0.1) is 0 Å². The van der Waals surface area contributed by atoms with Crippen molar-refractivity contribution in [2.24, 2.45) is 10.9 Å². The van der Waals surface area contributed by atoms with Gasteiger partial charge in [0.15, 0.2) is 5.96 Å². The van der Waals surface area contributed by atoms with Crippen LogP contribution in [0.2, 0.25) is 0 Å². The fourth-order valence-corrected chi connectivity index (χ4v) is 1.99. The lowest BCUT2D eigenvalue weighted by Gasteiger charge is -2.31. The van der Waals surface area contributed by atoms with Gasteiger partial charge in [-0.3, -0.25) is 9.89 Å². The molecule has 0 heterocycles. The van der Waals surface area contributed by atoms with E-state index in [-0.39, 0.29) is 0 Å². The van der Waals surface area contributed by atoms with Crippen molar-refractivity contribution in [3.63, 3.8) is 0 Å². The first kappa shape index (κ1) is 18.2. The SMILES string of the molecule is CN=C(NCCN(C(C)C)C(C)C)NC(C)C(C)C. The molecule has 0 aromatic carbocycles. The number of nitrogens with one attached hydrogen (secondary N) is 2. The Morgan fingerprint density at radius 2 is 1.53 bits per heavy atom. The van der Waals surface area contributed by atoms with Gasteiger partial charge in [-0.2, -0.15) is 0 Å². The van der Waals surface area contributed by atoms with E-state index in [4.69, 9.17) is 0 Å². The zero-order valence-corrected chi connectivity index (χ0v) is 14.1. The van der Waals surface area contributed by atoms with E-state index in [0.717, 1.165) is 19.0 Å². The number of aliphatic imine (C=N–C) groups is 1. The molecular weight excluding hydrogens is 236 g/mol. The van der Waals surface area contributed by atoms with Gasteiger partial charge in [-0.15, -0.1) is 0 Å². The van der Waals surface area contributed by atoms with E-state index in [1.165, 1.54) is 0 Å². The largest absolute Gasteiger partial charge is 0.355 e. The van der Waals surface area contributed by atoms with Crippen molar-refractivity contribution in [1.29, 1.82) is 0 Å². The highest BCUT2D eigenvalue weighted by atomic mass is 15.2. The molecule has 4 heteroatoms. The molecule has 0 rings (SSSR count). The van der Waals surface area contributed by atoms with Gasteiger partial charge in [0, 0.05) is 38.3 Å². The molecular formula is C15H34N4. The van der Waals surface area contributed by atoms with Gasteiger partial charge in [0.1, 0.15) is 0 Å². The van der Waals surface area contributed by atoms with Crippen molar-refractivity contribution in [2.75, 3.05) is 20.1 Å². The molecule has 0 fully saturated rings. The van der Waals surface area contributed by atoms with E-state index in [1.54, 1.807) is 0 Å². The molecule has 1 unspecified atom stereocenters. The van der Waals surface area contributed by atoms with Crippen LogP contribution in [0.3, 0.4) is 0 Å². The Morgan fingerprint density at radius 1 is 1.00 bits per heavy atom. The summed E-state index contributed by atoms with van der Waals surface area (Å²) in [6.07, 6.45) is 0. The molecule has 0 aromatic rings. The Labute approximate surface area is 120 Å². The first-order valence-electron chi connectivity index (χ1n) is 7.52. The topological polar surface area (TPSA) is 39.7 Å². The van der Waals surface area contributed by atoms with E-state index >= 15 is 0 Å². The summed E-state index contributed by atoms with van der Waals surface area (Å²) >= 11 is 0. The highest BCUT2D eigenvalue weighted by Gasteiger charge is 2.13. The van der Waals surface area contributed by atoms with Gasteiger partial charge in [-0.05, 0) is 40.5 Å². The van der Waals surface area contributed by atoms with Gasteiger partial charge in [-0.1, -0.05) is 13.8 Å². The van der Waals surface area contributed by atoms with Crippen LogP contribution in [0.15, 0.2) is 4.99 Å². The van der Waals surface area contributed by atoms with Gasteiger partial charge in [0.2, 0.25) is 0 Å². The summed E-state index contributed by atoms with van der Waals surface area (Å²) < 4.78 is 0. The standard InChI is InChI=1S/C15H34N4/c1-11(2)14(7)18-15(16-8)17-9-10-19(12(3)4)13(5)6/h11-14H,9-10H2,1-8H3,(H2,16,17,18). The Kier molecular flexibility index (Phi) is 8.81. The highest BCUT2D eigenvalue weighted by Crippen LogP contribution is 2.03. The summed E-state index contributed by atoms with van der Waals surface area (Å²) in [5, 5.41) is 6.81. The van der Waals surface area contributed by atoms with Crippen LogP contribution in [-0.2, 0) is 0 Å². The molecule has 0 saturated heterocycles. The summed E-state index contributed by atoms with van der Waals surface area (Å²) in [6, 6.07) is 1.58. The molecule has 0 aromatic heterocycles. The molecule has 114 valence electrons. The van der Waals surface area contributed by atoms with E-state index < -0.39 is 0 Å². The average molecular weight is 270 g/mol. The molecule has 4 nitrogen and oxygen atoms in total. The van der Waals surface area contributed by atoms with Crippen molar-refractivity contribution >= 4 is 5.96 Å². The minimum Gasteiger partial charge on any atom is -0.355 e. The maximum atomic E-state index is 4.27. The second-order valence-corrected chi connectivity index (χ2v) is 6.10. The van der Waals surface area contributed by atoms with E-state index in [9.17, 15) is 0 Å².